The van der Waals surface area contributed by atoms with E-state index in [0.717, 1.165) is 19.4 Å². The number of allylic oxidation sites excluding steroid dienone is 2. The molecule has 0 unspecified atom stereocenters. The number of Topliss-reactive ketones (excluding diaryl/α,β-unsaturated/α-hetero) is 1. The number of aromatic nitrogens is 5. The van der Waals surface area contributed by atoms with Gasteiger partial charge >= 0.3 is 17.1 Å². The highest BCUT2D eigenvalue weighted by Gasteiger charge is 2.21. The fraction of sp³-hybridized carbons (Fsp3) is 0.250. The monoisotopic (exact) mass is 427 g/mol. The van der Waals surface area contributed by atoms with Crippen molar-refractivity contribution in [2.75, 3.05) is 0 Å². The minimum Gasteiger partial charge on any atom is -0.294 e. The largest absolute Gasteiger partial charge is 0.337 e. The van der Waals surface area contributed by atoms with Gasteiger partial charge in [0.25, 0.3) is 0 Å². The van der Waals surface area contributed by atoms with Crippen LogP contribution in [-0.4, -0.2) is 29.0 Å². The van der Waals surface area contributed by atoms with E-state index in [2.05, 4.69) is 18.1 Å². The van der Waals surface area contributed by atoms with Gasteiger partial charge < -0.3 is 0 Å². The second kappa shape index (κ2) is 8.46. The Balaban J connectivity index is 2.10. The molecular weight excluding hydrogens is 406 g/mol. The van der Waals surface area contributed by atoms with Gasteiger partial charge in [0, 0.05) is 28.5 Å². The van der Waals surface area contributed by atoms with Crippen molar-refractivity contribution in [3.8, 4) is 5.13 Å². The van der Waals surface area contributed by atoms with Gasteiger partial charge in [-0.1, -0.05) is 12.2 Å². The summed E-state index contributed by atoms with van der Waals surface area (Å²) < 4.78 is 4.34. The number of rotatable bonds is 8. The second-order valence-electron chi connectivity index (χ2n) is 6.59. The molecule has 0 aromatic carbocycles. The number of nitrogens with zero attached hydrogens (tertiary/aromatic N) is 5. The van der Waals surface area contributed by atoms with Gasteiger partial charge in [-0.05, 0) is 19.9 Å². The lowest BCUT2D eigenvalue weighted by Gasteiger charge is -2.12. The van der Waals surface area contributed by atoms with Gasteiger partial charge in [0.15, 0.2) is 10.9 Å². The molecule has 0 radical (unpaired) electrons. The summed E-state index contributed by atoms with van der Waals surface area (Å²) in [6.07, 6.45) is 4.42. The van der Waals surface area contributed by atoms with Gasteiger partial charge in [0.05, 0.1) is 19.6 Å². The molecule has 0 saturated heterocycles. The number of carbonyl (C=O) groups is 1. The Morgan fingerprint density at radius 1 is 1.03 bits per heavy atom. The molecule has 0 spiro atoms. The lowest BCUT2D eigenvalue weighted by molar-refractivity contribution is 0.0966. The molecule has 0 aliphatic heterocycles. The number of hydrogen-bond donors (Lipinski definition) is 0. The Labute approximate surface area is 175 Å². The van der Waals surface area contributed by atoms with Crippen molar-refractivity contribution in [1.29, 1.82) is 0 Å². The average Bonchev–Trinajstić information content (AvgIpc) is 3.33. The van der Waals surface area contributed by atoms with Crippen LogP contribution in [0.25, 0.3) is 5.13 Å². The fourth-order valence-corrected chi connectivity index (χ4v) is 4.03. The van der Waals surface area contributed by atoms with Crippen LogP contribution in [0.2, 0.25) is 0 Å². The third kappa shape index (κ3) is 3.57. The van der Waals surface area contributed by atoms with Gasteiger partial charge in [-0.15, -0.1) is 24.5 Å². The van der Waals surface area contributed by atoms with Crippen molar-refractivity contribution in [1.82, 2.24) is 23.3 Å². The maximum absolute atomic E-state index is 13.0. The highest BCUT2D eigenvalue weighted by atomic mass is 32.1. The minimum atomic E-state index is -0.854. The van der Waals surface area contributed by atoms with Crippen LogP contribution in [0.4, 0.5) is 0 Å². The summed E-state index contributed by atoms with van der Waals surface area (Å²) in [6, 6.07) is 1.70. The van der Waals surface area contributed by atoms with E-state index in [-0.39, 0.29) is 13.1 Å². The molecular formula is C20H21N5O4S. The highest BCUT2D eigenvalue weighted by molar-refractivity contribution is 7.12. The summed E-state index contributed by atoms with van der Waals surface area (Å²) in [6.45, 7) is 10.0. The summed E-state index contributed by atoms with van der Waals surface area (Å²) in [7, 11) is 0. The number of thiazole rings is 1. The molecule has 0 amide bonds. The Kier molecular flexibility index (Phi) is 5.97. The molecule has 3 aromatic heterocycles. The molecule has 156 valence electrons. The lowest BCUT2D eigenvalue weighted by atomic mass is 10.1. The van der Waals surface area contributed by atoms with Crippen molar-refractivity contribution >= 4 is 17.1 Å². The van der Waals surface area contributed by atoms with E-state index >= 15 is 0 Å². The summed E-state index contributed by atoms with van der Waals surface area (Å²) in [5.41, 5.74) is -0.633. The number of aryl methyl sites for hydroxylation is 1. The Morgan fingerprint density at radius 2 is 1.60 bits per heavy atom. The molecule has 3 heterocycles. The smallest absolute Gasteiger partial charge is 0.294 e. The first-order valence-corrected chi connectivity index (χ1v) is 9.98. The number of carbonyl (C=O) groups excluding carboxylic acids is 1. The SMILES string of the molecule is C=CCn1c(=O)n(CC=C)c(=O)n(CC(=O)c2cc(C)n(-c3nccs3)c2C)c1=O. The van der Waals surface area contributed by atoms with E-state index < -0.39 is 29.4 Å². The highest BCUT2D eigenvalue weighted by Crippen LogP contribution is 2.22. The van der Waals surface area contributed by atoms with Gasteiger partial charge in [0.1, 0.15) is 0 Å². The maximum Gasteiger partial charge on any atom is 0.337 e. The molecule has 0 N–H and O–H groups in total. The molecule has 30 heavy (non-hydrogen) atoms. The van der Waals surface area contributed by atoms with E-state index in [1.54, 1.807) is 19.2 Å². The van der Waals surface area contributed by atoms with Crippen molar-refractivity contribution in [3.05, 3.63) is 91.4 Å². The molecule has 3 aromatic rings. The predicted octanol–water partition coefficient (Wildman–Crippen LogP) is 1.29. The lowest BCUT2D eigenvalue weighted by Crippen LogP contribution is -2.55. The number of hydrogen-bond acceptors (Lipinski definition) is 6. The summed E-state index contributed by atoms with van der Waals surface area (Å²) in [5.74, 6) is -0.418. The van der Waals surface area contributed by atoms with Crippen LogP contribution in [0.15, 0.2) is 57.3 Å². The van der Waals surface area contributed by atoms with Gasteiger partial charge in [0.2, 0.25) is 0 Å². The molecule has 0 saturated carbocycles. The Morgan fingerprint density at radius 3 is 2.10 bits per heavy atom. The maximum atomic E-state index is 13.0. The minimum absolute atomic E-state index is 0.0815. The van der Waals surface area contributed by atoms with Crippen LogP contribution >= 0.6 is 11.3 Å². The Hall–Kier alpha value is -3.53. The number of ketones is 1. The van der Waals surface area contributed by atoms with Crippen LogP contribution in [0, 0.1) is 13.8 Å². The molecule has 0 atom stereocenters. The average molecular weight is 427 g/mol. The van der Waals surface area contributed by atoms with Gasteiger partial charge in [-0.25, -0.2) is 33.1 Å². The summed E-state index contributed by atoms with van der Waals surface area (Å²) >= 11 is 1.43. The zero-order valence-electron chi connectivity index (χ0n) is 16.7. The van der Waals surface area contributed by atoms with Crippen molar-refractivity contribution in [3.63, 3.8) is 0 Å². The zero-order chi connectivity index (χ0) is 22.0. The van der Waals surface area contributed by atoms with Crippen LogP contribution in [0.5, 0.6) is 0 Å². The van der Waals surface area contributed by atoms with Gasteiger partial charge in [-0.3, -0.25) is 9.36 Å². The molecule has 0 aliphatic carbocycles. The third-order valence-electron chi connectivity index (χ3n) is 4.65. The van der Waals surface area contributed by atoms with Crippen molar-refractivity contribution in [2.45, 2.75) is 33.5 Å². The topological polar surface area (TPSA) is 101 Å². The third-order valence-corrected chi connectivity index (χ3v) is 5.41. The molecule has 10 heteroatoms. The Bertz CT molecular complexity index is 1260. The molecule has 0 aliphatic rings. The van der Waals surface area contributed by atoms with E-state index in [1.165, 1.54) is 23.5 Å². The quantitative estimate of drug-likeness (QED) is 0.398. The fourth-order valence-electron chi connectivity index (χ4n) is 3.28. The molecule has 3 rings (SSSR count). The standard InChI is InChI=1S/C20H21N5O4S/c1-5-8-22-18(27)23(9-6-2)20(29)24(19(22)28)12-16(26)15-11-13(3)25(14(15)4)17-21-7-10-30-17/h5-7,10-11H,1-2,8-9,12H2,3-4H3. The predicted molar refractivity (Wildman–Crippen MR) is 115 cm³/mol. The van der Waals surface area contributed by atoms with E-state index in [0.29, 0.717) is 16.4 Å². The molecule has 9 nitrogen and oxygen atoms in total. The first kappa shape index (κ1) is 21.2. The normalized spacial score (nSPS) is 10.9. The van der Waals surface area contributed by atoms with Crippen LogP contribution in [0.1, 0.15) is 21.7 Å². The summed E-state index contributed by atoms with van der Waals surface area (Å²) in [4.78, 5) is 55.2. The van der Waals surface area contributed by atoms with E-state index in [9.17, 15) is 19.2 Å². The first-order valence-electron chi connectivity index (χ1n) is 9.10. The molecule has 0 fully saturated rings. The van der Waals surface area contributed by atoms with Crippen LogP contribution in [0.3, 0.4) is 0 Å². The van der Waals surface area contributed by atoms with E-state index in [1.807, 2.05) is 16.9 Å². The molecule has 0 bridgehead atoms. The zero-order valence-corrected chi connectivity index (χ0v) is 17.5. The van der Waals surface area contributed by atoms with Gasteiger partial charge in [-0.2, -0.15) is 0 Å². The van der Waals surface area contributed by atoms with Crippen LogP contribution < -0.4 is 17.1 Å². The first-order chi connectivity index (χ1) is 14.3. The van der Waals surface area contributed by atoms with Crippen LogP contribution in [-0.2, 0) is 19.6 Å². The van der Waals surface area contributed by atoms with E-state index in [4.69, 9.17) is 0 Å². The van der Waals surface area contributed by atoms with Crippen molar-refractivity contribution in [2.24, 2.45) is 0 Å². The summed E-state index contributed by atoms with van der Waals surface area (Å²) in [5, 5.41) is 2.55. The van der Waals surface area contributed by atoms with Crippen molar-refractivity contribution < 1.29 is 4.79 Å². The second-order valence-corrected chi connectivity index (χ2v) is 7.46.